The molecule has 0 radical (unpaired) electrons. The second-order valence-electron chi connectivity index (χ2n) is 4.04. The molecule has 0 aliphatic heterocycles. The fourth-order valence-electron chi connectivity index (χ4n) is 1.48. The highest BCUT2D eigenvalue weighted by atomic mass is 32.1. The van der Waals surface area contributed by atoms with Gasteiger partial charge in [-0.15, -0.1) is 12.6 Å². The van der Waals surface area contributed by atoms with Crippen molar-refractivity contribution in [1.29, 1.82) is 0 Å². The van der Waals surface area contributed by atoms with Crippen LogP contribution in [0.1, 0.15) is 0 Å². The molecule has 0 saturated carbocycles. The molecule has 0 unspecified atom stereocenters. The summed E-state index contributed by atoms with van der Waals surface area (Å²) in [7, 11) is 6.24. The number of thiol groups is 1. The van der Waals surface area contributed by atoms with E-state index in [0.717, 1.165) is 5.69 Å². The van der Waals surface area contributed by atoms with Gasteiger partial charge in [-0.05, 0) is 0 Å². The molecule has 108 valence electrons. The van der Waals surface area contributed by atoms with Crippen LogP contribution in [0.5, 0.6) is 0 Å². The number of nitrogens with zero attached hydrogens (tertiary/aromatic N) is 2. The topological polar surface area (TPSA) is 59.7 Å². The second kappa shape index (κ2) is 6.95. The fraction of sp³-hybridized carbons (Fsp3) is 0.308. The van der Waals surface area contributed by atoms with E-state index in [4.69, 9.17) is 0 Å². The third-order valence-electron chi connectivity index (χ3n) is 2.57. The van der Waals surface area contributed by atoms with Crippen molar-refractivity contribution in [2.45, 2.75) is 0 Å². The molecule has 0 fully saturated rings. The summed E-state index contributed by atoms with van der Waals surface area (Å²) >= 11 is 4.04. The molecule has 0 atom stereocenters. The number of hydrogen-bond acceptors (Lipinski definition) is 6. The van der Waals surface area contributed by atoms with Crippen LogP contribution < -0.4 is 9.47 Å². The standard InChI is InChI=1S/C13H16N2O4S/c1-14(2)9-5-7-15(8-6-9)10(12(16)18-3)11(20)13(17)19-4/h5-8H,1-4H3/p+1. The summed E-state index contributed by atoms with van der Waals surface area (Å²) in [5.74, 6) is -1.39. The van der Waals surface area contributed by atoms with Gasteiger partial charge in [0.2, 0.25) is 0 Å². The molecule has 0 N–H and O–H groups in total. The number of carbonyl (C=O) groups excluding carboxylic acids is 2. The molecule has 7 heteroatoms. The molecule has 0 aliphatic carbocycles. The molecule has 1 heterocycles. The van der Waals surface area contributed by atoms with E-state index >= 15 is 0 Å². The van der Waals surface area contributed by atoms with Crippen molar-refractivity contribution in [2.24, 2.45) is 0 Å². The van der Waals surface area contributed by atoms with Crippen LogP contribution in [0.4, 0.5) is 5.69 Å². The van der Waals surface area contributed by atoms with Gasteiger partial charge in [0.05, 0.1) is 14.2 Å². The molecule has 0 aromatic carbocycles. The number of ether oxygens (including phenoxy) is 2. The molecule has 0 spiro atoms. The van der Waals surface area contributed by atoms with Gasteiger partial charge in [-0.1, -0.05) is 0 Å². The molecule has 6 nitrogen and oxygen atoms in total. The van der Waals surface area contributed by atoms with Crippen LogP contribution in [0.15, 0.2) is 29.4 Å². The third-order valence-corrected chi connectivity index (χ3v) is 2.96. The van der Waals surface area contributed by atoms with Crippen molar-refractivity contribution < 1.29 is 23.6 Å². The summed E-state index contributed by atoms with van der Waals surface area (Å²) in [6, 6.07) is 3.59. The highest BCUT2D eigenvalue weighted by Crippen LogP contribution is 2.14. The maximum Gasteiger partial charge on any atom is 0.405 e. The number of anilines is 1. The van der Waals surface area contributed by atoms with E-state index in [0.29, 0.717) is 0 Å². The molecular formula is C13H17N2O4S+. The quantitative estimate of drug-likeness (QED) is 0.379. The number of carbonyl (C=O) groups is 2. The number of hydrogen-bond donors (Lipinski definition) is 1. The minimum atomic E-state index is -0.710. The Balaban J connectivity index is 3.32. The van der Waals surface area contributed by atoms with E-state index < -0.39 is 11.9 Å². The molecule has 1 aromatic rings. The van der Waals surface area contributed by atoms with Gasteiger partial charge in [-0.3, -0.25) is 0 Å². The lowest BCUT2D eigenvalue weighted by Gasteiger charge is -2.10. The van der Waals surface area contributed by atoms with E-state index in [1.807, 2.05) is 19.0 Å². The van der Waals surface area contributed by atoms with E-state index in [1.54, 1.807) is 24.5 Å². The van der Waals surface area contributed by atoms with E-state index in [9.17, 15) is 9.59 Å². The van der Waals surface area contributed by atoms with Gasteiger partial charge in [-0.25, -0.2) is 9.59 Å². The summed E-state index contributed by atoms with van der Waals surface area (Å²) in [4.78, 5) is 25.1. The van der Waals surface area contributed by atoms with Crippen molar-refractivity contribution in [1.82, 2.24) is 0 Å². The Labute approximate surface area is 123 Å². The largest absolute Gasteiger partial charge is 0.465 e. The number of aromatic nitrogens is 1. The van der Waals surface area contributed by atoms with Crippen LogP contribution in [-0.2, 0) is 19.1 Å². The first-order chi connectivity index (χ1) is 9.42. The fourth-order valence-corrected chi connectivity index (χ4v) is 1.78. The van der Waals surface area contributed by atoms with Crippen LogP contribution in [0.3, 0.4) is 0 Å². The molecule has 0 bridgehead atoms. The van der Waals surface area contributed by atoms with Crippen molar-refractivity contribution >= 4 is 36.0 Å². The molecule has 0 amide bonds. The number of esters is 2. The maximum atomic E-state index is 11.8. The summed E-state index contributed by atoms with van der Waals surface area (Å²) in [6.07, 6.45) is 3.28. The van der Waals surface area contributed by atoms with Crippen molar-refractivity contribution in [3.8, 4) is 0 Å². The first-order valence-electron chi connectivity index (χ1n) is 5.71. The van der Waals surface area contributed by atoms with Gasteiger partial charge in [-0.2, -0.15) is 4.57 Å². The monoisotopic (exact) mass is 297 g/mol. The minimum absolute atomic E-state index is 0.00649. The average molecular weight is 297 g/mol. The van der Waals surface area contributed by atoms with Crippen LogP contribution in [0.25, 0.3) is 5.70 Å². The molecule has 1 rings (SSSR count). The Morgan fingerprint density at radius 1 is 1.10 bits per heavy atom. The smallest absolute Gasteiger partial charge is 0.405 e. The normalized spacial score (nSPS) is 11.4. The van der Waals surface area contributed by atoms with E-state index in [2.05, 4.69) is 22.1 Å². The Bertz CT molecular complexity index is 538. The van der Waals surface area contributed by atoms with Crippen LogP contribution in [0.2, 0.25) is 0 Å². The number of methoxy groups -OCH3 is 2. The van der Waals surface area contributed by atoms with Crippen molar-refractivity contribution in [2.75, 3.05) is 33.2 Å². The van der Waals surface area contributed by atoms with Crippen LogP contribution in [0, 0.1) is 0 Å². The zero-order valence-electron chi connectivity index (χ0n) is 11.8. The maximum absolute atomic E-state index is 11.8. The van der Waals surface area contributed by atoms with Crippen LogP contribution in [-0.4, -0.2) is 40.3 Å². The average Bonchev–Trinajstić information content (AvgIpc) is 2.46. The van der Waals surface area contributed by atoms with E-state index in [1.165, 1.54) is 18.8 Å². The van der Waals surface area contributed by atoms with Gasteiger partial charge >= 0.3 is 17.6 Å². The van der Waals surface area contributed by atoms with Gasteiger partial charge in [0.25, 0.3) is 0 Å². The lowest BCUT2D eigenvalue weighted by atomic mass is 10.3. The highest BCUT2D eigenvalue weighted by molar-refractivity contribution is 7.85. The van der Waals surface area contributed by atoms with E-state index in [-0.39, 0.29) is 10.6 Å². The number of rotatable bonds is 4. The Hall–Kier alpha value is -2.02. The summed E-state index contributed by atoms with van der Waals surface area (Å²) < 4.78 is 10.7. The summed E-state index contributed by atoms with van der Waals surface area (Å²) in [6.45, 7) is 0. The SMILES string of the molecule is COC(=O)C(S)=C(C(=O)OC)[n+]1ccc(N(C)C)cc1. The minimum Gasteiger partial charge on any atom is -0.465 e. The lowest BCUT2D eigenvalue weighted by molar-refractivity contribution is -0.578. The summed E-state index contributed by atoms with van der Waals surface area (Å²) in [5, 5.41) is 0. The van der Waals surface area contributed by atoms with Crippen molar-refractivity contribution in [3.63, 3.8) is 0 Å². The van der Waals surface area contributed by atoms with Gasteiger partial charge in [0.15, 0.2) is 17.3 Å². The third kappa shape index (κ3) is 3.51. The highest BCUT2D eigenvalue weighted by Gasteiger charge is 2.29. The molecular weight excluding hydrogens is 280 g/mol. The Kier molecular flexibility index (Phi) is 5.57. The Morgan fingerprint density at radius 3 is 2.00 bits per heavy atom. The molecule has 0 saturated heterocycles. The predicted molar refractivity (Wildman–Crippen MR) is 77.2 cm³/mol. The summed E-state index contributed by atoms with van der Waals surface area (Å²) in [5.41, 5.74) is 0.942. The first-order valence-corrected chi connectivity index (χ1v) is 6.16. The van der Waals surface area contributed by atoms with Gasteiger partial charge in [0.1, 0.15) is 0 Å². The zero-order chi connectivity index (χ0) is 15.3. The molecule has 20 heavy (non-hydrogen) atoms. The molecule has 0 aliphatic rings. The molecule has 1 aromatic heterocycles. The van der Waals surface area contributed by atoms with Crippen LogP contribution >= 0.6 is 12.6 Å². The van der Waals surface area contributed by atoms with Gasteiger partial charge in [0, 0.05) is 31.9 Å². The second-order valence-corrected chi connectivity index (χ2v) is 4.49. The number of pyridine rings is 1. The van der Waals surface area contributed by atoms with Crippen molar-refractivity contribution in [3.05, 3.63) is 29.4 Å². The Morgan fingerprint density at radius 2 is 1.60 bits per heavy atom. The zero-order valence-corrected chi connectivity index (χ0v) is 12.7. The lowest BCUT2D eigenvalue weighted by Crippen LogP contribution is -2.38. The predicted octanol–water partition coefficient (Wildman–Crippen LogP) is 0.484. The van der Waals surface area contributed by atoms with Gasteiger partial charge < -0.3 is 14.4 Å². The first kappa shape index (κ1) is 16.0.